The molecule has 2 aromatic rings. The van der Waals surface area contributed by atoms with Crippen LogP contribution in [0.5, 0.6) is 11.5 Å². The van der Waals surface area contributed by atoms with Crippen LogP contribution in [0.25, 0.3) is 0 Å². The van der Waals surface area contributed by atoms with Crippen LogP contribution in [0.3, 0.4) is 0 Å². The number of hydrogen-bond acceptors (Lipinski definition) is 4. The summed E-state index contributed by atoms with van der Waals surface area (Å²) in [6.07, 6.45) is 1.15. The van der Waals surface area contributed by atoms with Crippen molar-refractivity contribution in [1.29, 1.82) is 0 Å². The van der Waals surface area contributed by atoms with Gasteiger partial charge in [0.2, 0.25) is 0 Å². The second kappa shape index (κ2) is 9.77. The maximum atomic E-state index is 6.15. The summed E-state index contributed by atoms with van der Waals surface area (Å²) < 4.78 is 11.7. The first-order valence-electron chi connectivity index (χ1n) is 10.0. The quantitative estimate of drug-likeness (QED) is 0.755. The molecule has 0 aliphatic carbocycles. The zero-order valence-electron chi connectivity index (χ0n) is 16.8. The topological polar surface area (TPSA) is 33.7 Å². The molecule has 0 radical (unpaired) electrons. The second-order valence-electron chi connectivity index (χ2n) is 7.30. The van der Waals surface area contributed by atoms with Crippen LogP contribution in [0.2, 0.25) is 0 Å². The van der Waals surface area contributed by atoms with Crippen LogP contribution in [-0.2, 0) is 6.61 Å². The van der Waals surface area contributed by atoms with E-state index in [1.165, 1.54) is 5.56 Å². The number of methoxy groups -OCH3 is 1. The number of piperazine rings is 1. The van der Waals surface area contributed by atoms with E-state index in [4.69, 9.17) is 9.47 Å². The van der Waals surface area contributed by atoms with E-state index in [0.29, 0.717) is 18.6 Å². The van der Waals surface area contributed by atoms with Crippen LogP contribution in [0.4, 0.5) is 0 Å². The lowest BCUT2D eigenvalue weighted by atomic mass is 9.90. The van der Waals surface area contributed by atoms with E-state index in [9.17, 15) is 0 Å². The lowest BCUT2D eigenvalue weighted by Crippen LogP contribution is -2.46. The van der Waals surface area contributed by atoms with Crippen LogP contribution < -0.4 is 14.8 Å². The molecule has 1 aliphatic heterocycles. The Labute approximate surface area is 163 Å². The molecule has 3 rings (SSSR count). The zero-order valence-corrected chi connectivity index (χ0v) is 16.8. The summed E-state index contributed by atoms with van der Waals surface area (Å²) in [6, 6.07) is 17.1. The van der Waals surface area contributed by atoms with Gasteiger partial charge in [0.1, 0.15) is 6.61 Å². The molecule has 0 bridgehead atoms. The van der Waals surface area contributed by atoms with Crippen LogP contribution in [0.1, 0.15) is 37.4 Å². The van der Waals surface area contributed by atoms with E-state index in [1.54, 1.807) is 7.11 Å². The fourth-order valence-corrected chi connectivity index (χ4v) is 3.81. The highest BCUT2D eigenvalue weighted by Crippen LogP contribution is 2.37. The van der Waals surface area contributed by atoms with Gasteiger partial charge in [-0.25, -0.2) is 0 Å². The molecule has 0 spiro atoms. The molecule has 1 saturated heterocycles. The molecule has 0 saturated carbocycles. The minimum Gasteiger partial charge on any atom is -0.493 e. The number of nitrogens with zero attached hydrogens (tertiary/aromatic N) is 1. The number of benzene rings is 2. The summed E-state index contributed by atoms with van der Waals surface area (Å²) in [5, 5.41) is 3.46. The highest BCUT2D eigenvalue weighted by Gasteiger charge is 2.27. The SMILES string of the molecule is CCC(C)[C@H](c1ccc(OC)c(OCc2ccccc2)c1)N1CCNCC1. The van der Waals surface area contributed by atoms with Gasteiger partial charge in [-0.1, -0.05) is 56.7 Å². The predicted molar refractivity (Wildman–Crippen MR) is 110 cm³/mol. The summed E-state index contributed by atoms with van der Waals surface area (Å²) in [4.78, 5) is 2.60. The molecular weight excluding hydrogens is 336 g/mol. The lowest BCUT2D eigenvalue weighted by Gasteiger charge is -2.38. The van der Waals surface area contributed by atoms with Crippen molar-refractivity contribution in [2.24, 2.45) is 5.92 Å². The zero-order chi connectivity index (χ0) is 19.1. The van der Waals surface area contributed by atoms with Gasteiger partial charge in [0.05, 0.1) is 7.11 Å². The van der Waals surface area contributed by atoms with E-state index >= 15 is 0 Å². The predicted octanol–water partition coefficient (Wildman–Crippen LogP) is 4.27. The molecule has 1 heterocycles. The summed E-state index contributed by atoms with van der Waals surface area (Å²) >= 11 is 0. The molecule has 4 nitrogen and oxygen atoms in total. The standard InChI is InChI=1S/C23H32N2O2/c1-4-18(2)23(25-14-12-24-13-15-25)20-10-11-21(26-3)22(16-20)27-17-19-8-6-5-7-9-19/h5-11,16,18,23-24H,4,12-15,17H2,1-3H3/t18?,23-/m1/s1. The van der Waals surface area contributed by atoms with Crippen LogP contribution >= 0.6 is 0 Å². The van der Waals surface area contributed by atoms with Gasteiger partial charge in [-0.15, -0.1) is 0 Å². The third-order valence-electron chi connectivity index (χ3n) is 5.49. The molecule has 146 valence electrons. The molecule has 4 heteroatoms. The minimum absolute atomic E-state index is 0.405. The maximum Gasteiger partial charge on any atom is 0.161 e. The molecular formula is C23H32N2O2. The van der Waals surface area contributed by atoms with Crippen molar-refractivity contribution in [3.8, 4) is 11.5 Å². The van der Waals surface area contributed by atoms with E-state index in [-0.39, 0.29) is 0 Å². The van der Waals surface area contributed by atoms with Gasteiger partial charge in [-0.3, -0.25) is 4.90 Å². The van der Waals surface area contributed by atoms with Crippen LogP contribution in [0, 0.1) is 5.92 Å². The monoisotopic (exact) mass is 368 g/mol. The first-order chi connectivity index (χ1) is 13.2. The maximum absolute atomic E-state index is 6.15. The average Bonchev–Trinajstić information content (AvgIpc) is 2.74. The summed E-state index contributed by atoms with van der Waals surface area (Å²) in [7, 11) is 1.70. The molecule has 0 amide bonds. The van der Waals surface area contributed by atoms with Gasteiger partial charge in [-0.05, 0) is 29.2 Å². The Hall–Kier alpha value is -2.04. The fourth-order valence-electron chi connectivity index (χ4n) is 3.81. The first kappa shape index (κ1) is 19.7. The Kier molecular flexibility index (Phi) is 7.13. The smallest absolute Gasteiger partial charge is 0.161 e. The van der Waals surface area contributed by atoms with Gasteiger partial charge < -0.3 is 14.8 Å². The highest BCUT2D eigenvalue weighted by molar-refractivity contribution is 5.44. The van der Waals surface area contributed by atoms with E-state index in [1.807, 2.05) is 24.3 Å². The molecule has 0 aromatic heterocycles. The number of hydrogen-bond donors (Lipinski definition) is 1. The van der Waals surface area contributed by atoms with Crippen molar-refractivity contribution in [1.82, 2.24) is 10.2 Å². The van der Waals surface area contributed by atoms with Gasteiger partial charge in [0.15, 0.2) is 11.5 Å². The first-order valence-corrected chi connectivity index (χ1v) is 10.0. The van der Waals surface area contributed by atoms with E-state index < -0.39 is 0 Å². The van der Waals surface area contributed by atoms with Crippen LogP contribution in [0.15, 0.2) is 48.5 Å². The normalized spacial score (nSPS) is 17.3. The third-order valence-corrected chi connectivity index (χ3v) is 5.49. The Morgan fingerprint density at radius 3 is 2.44 bits per heavy atom. The summed E-state index contributed by atoms with van der Waals surface area (Å²) in [5.74, 6) is 2.19. The van der Waals surface area contributed by atoms with Gasteiger partial charge in [-0.2, -0.15) is 0 Å². The largest absolute Gasteiger partial charge is 0.493 e. The molecule has 1 unspecified atom stereocenters. The number of rotatable bonds is 8. The Bertz CT molecular complexity index is 699. The van der Waals surface area contributed by atoms with Crippen molar-refractivity contribution in [3.63, 3.8) is 0 Å². The minimum atomic E-state index is 0.405. The van der Waals surface area contributed by atoms with Crippen molar-refractivity contribution >= 4 is 0 Å². The van der Waals surface area contributed by atoms with Gasteiger partial charge >= 0.3 is 0 Å². The molecule has 1 fully saturated rings. The Balaban J connectivity index is 1.84. The highest BCUT2D eigenvalue weighted by atomic mass is 16.5. The third kappa shape index (κ3) is 5.02. The molecule has 1 aliphatic rings. The fraction of sp³-hybridized carbons (Fsp3) is 0.478. The number of ether oxygens (including phenoxy) is 2. The number of nitrogens with one attached hydrogen (secondary N) is 1. The summed E-state index contributed by atoms with van der Waals surface area (Å²) in [5.41, 5.74) is 2.47. The Morgan fingerprint density at radius 1 is 1.04 bits per heavy atom. The van der Waals surface area contributed by atoms with Crippen molar-refractivity contribution < 1.29 is 9.47 Å². The molecule has 2 aromatic carbocycles. The van der Waals surface area contributed by atoms with Crippen molar-refractivity contribution in [2.45, 2.75) is 32.9 Å². The van der Waals surface area contributed by atoms with Crippen molar-refractivity contribution in [3.05, 3.63) is 59.7 Å². The van der Waals surface area contributed by atoms with E-state index in [2.05, 4.69) is 48.3 Å². The molecule has 27 heavy (non-hydrogen) atoms. The second-order valence-corrected chi connectivity index (χ2v) is 7.30. The van der Waals surface area contributed by atoms with Gasteiger partial charge in [0, 0.05) is 32.2 Å². The van der Waals surface area contributed by atoms with Crippen molar-refractivity contribution in [2.75, 3.05) is 33.3 Å². The lowest BCUT2D eigenvalue weighted by molar-refractivity contribution is 0.128. The van der Waals surface area contributed by atoms with Crippen LogP contribution in [-0.4, -0.2) is 38.2 Å². The molecule has 1 N–H and O–H groups in total. The summed E-state index contributed by atoms with van der Waals surface area (Å²) in [6.45, 7) is 9.45. The molecule has 2 atom stereocenters. The average molecular weight is 369 g/mol. The Morgan fingerprint density at radius 2 is 1.78 bits per heavy atom. The van der Waals surface area contributed by atoms with E-state index in [0.717, 1.165) is 49.7 Å². The van der Waals surface area contributed by atoms with Gasteiger partial charge in [0.25, 0.3) is 0 Å².